The van der Waals surface area contributed by atoms with Crippen molar-refractivity contribution in [1.82, 2.24) is 4.57 Å². The zero-order valence-electron chi connectivity index (χ0n) is 12.5. The molecule has 112 valence electrons. The van der Waals surface area contributed by atoms with Gasteiger partial charge in [0.25, 0.3) is 0 Å². The molecule has 1 aromatic carbocycles. The number of nitrogens with two attached hydrogens (primary N) is 1. The lowest BCUT2D eigenvalue weighted by Crippen LogP contribution is -2.12. The summed E-state index contributed by atoms with van der Waals surface area (Å²) in [5.74, 6) is -0.966. The number of anilines is 1. The van der Waals surface area contributed by atoms with E-state index in [2.05, 4.69) is 22.9 Å². The Morgan fingerprint density at radius 1 is 1.33 bits per heavy atom. The fourth-order valence-electron chi connectivity index (χ4n) is 2.54. The number of carbonyl (C=O) groups excluding carboxylic acids is 1. The Kier molecular flexibility index (Phi) is 4.31. The highest BCUT2D eigenvalue weighted by molar-refractivity contribution is 5.93. The van der Waals surface area contributed by atoms with Gasteiger partial charge in [0.05, 0.1) is 5.69 Å². The van der Waals surface area contributed by atoms with Crippen LogP contribution >= 0.6 is 0 Å². The molecule has 0 bridgehead atoms. The van der Waals surface area contributed by atoms with Gasteiger partial charge in [-0.05, 0) is 50.6 Å². The van der Waals surface area contributed by atoms with Crippen molar-refractivity contribution in [2.75, 3.05) is 5.32 Å². The zero-order valence-corrected chi connectivity index (χ0v) is 12.5. The molecule has 0 aliphatic rings. The van der Waals surface area contributed by atoms with Gasteiger partial charge in [0.2, 0.25) is 5.91 Å². The van der Waals surface area contributed by atoms with Gasteiger partial charge in [0, 0.05) is 30.0 Å². The predicted molar refractivity (Wildman–Crippen MR) is 81.8 cm³/mol. The Balaban J connectivity index is 2.20. The van der Waals surface area contributed by atoms with Gasteiger partial charge in [-0.3, -0.25) is 4.79 Å². The van der Waals surface area contributed by atoms with Crippen LogP contribution in [0.4, 0.5) is 10.1 Å². The highest BCUT2D eigenvalue weighted by Gasteiger charge is 2.10. The van der Waals surface area contributed by atoms with Crippen LogP contribution in [0.1, 0.15) is 34.2 Å². The second-order valence-corrected chi connectivity index (χ2v) is 5.05. The summed E-state index contributed by atoms with van der Waals surface area (Å²) in [5.41, 5.74) is 9.24. The highest BCUT2D eigenvalue weighted by atomic mass is 19.1. The number of amides is 1. The van der Waals surface area contributed by atoms with E-state index in [1.54, 1.807) is 0 Å². The summed E-state index contributed by atoms with van der Waals surface area (Å²) in [4.78, 5) is 11.1. The van der Waals surface area contributed by atoms with E-state index in [4.69, 9.17) is 5.73 Å². The van der Waals surface area contributed by atoms with Crippen LogP contribution in [0.25, 0.3) is 0 Å². The number of halogens is 1. The van der Waals surface area contributed by atoms with Crippen molar-refractivity contribution >= 4 is 11.6 Å². The van der Waals surface area contributed by atoms with E-state index in [-0.39, 0.29) is 11.3 Å². The summed E-state index contributed by atoms with van der Waals surface area (Å²) >= 11 is 0. The van der Waals surface area contributed by atoms with E-state index in [0.29, 0.717) is 6.54 Å². The zero-order chi connectivity index (χ0) is 15.6. The first-order valence-electron chi connectivity index (χ1n) is 6.92. The van der Waals surface area contributed by atoms with Gasteiger partial charge in [-0.2, -0.15) is 0 Å². The average molecular weight is 289 g/mol. The lowest BCUT2D eigenvalue weighted by Gasteiger charge is -2.10. The standard InChI is InChI=1S/C16H20FN3O/c1-4-20-10(2)7-13(11(20)3)9-19-15-8-12(16(18)21)5-6-14(15)17/h5-8,19H,4,9H2,1-3H3,(H2,18,21). The van der Waals surface area contributed by atoms with Crippen molar-refractivity contribution in [2.24, 2.45) is 5.73 Å². The molecule has 0 radical (unpaired) electrons. The number of nitrogens with zero attached hydrogens (tertiary/aromatic N) is 1. The summed E-state index contributed by atoms with van der Waals surface area (Å²) in [7, 11) is 0. The number of primary amides is 1. The number of rotatable bonds is 5. The van der Waals surface area contributed by atoms with E-state index in [9.17, 15) is 9.18 Å². The van der Waals surface area contributed by atoms with Gasteiger partial charge >= 0.3 is 0 Å². The largest absolute Gasteiger partial charge is 0.379 e. The molecule has 1 aromatic heterocycles. The van der Waals surface area contributed by atoms with Gasteiger partial charge in [-0.15, -0.1) is 0 Å². The van der Waals surface area contributed by atoms with E-state index < -0.39 is 11.7 Å². The lowest BCUT2D eigenvalue weighted by atomic mass is 10.1. The van der Waals surface area contributed by atoms with Gasteiger partial charge in [-0.25, -0.2) is 4.39 Å². The quantitative estimate of drug-likeness (QED) is 0.889. The molecule has 1 amide bonds. The van der Waals surface area contributed by atoms with Crippen LogP contribution in [0.2, 0.25) is 0 Å². The SMILES string of the molecule is CCn1c(C)cc(CNc2cc(C(N)=O)ccc2F)c1C. The number of hydrogen-bond acceptors (Lipinski definition) is 2. The number of benzene rings is 1. The number of hydrogen-bond donors (Lipinski definition) is 2. The van der Waals surface area contributed by atoms with Crippen LogP contribution in [0.15, 0.2) is 24.3 Å². The fourth-order valence-corrected chi connectivity index (χ4v) is 2.54. The van der Waals surface area contributed by atoms with Crippen molar-refractivity contribution in [3.05, 3.63) is 52.6 Å². The minimum absolute atomic E-state index is 0.285. The maximum Gasteiger partial charge on any atom is 0.248 e. The molecular weight excluding hydrogens is 269 g/mol. The van der Waals surface area contributed by atoms with Crippen LogP contribution in [0.5, 0.6) is 0 Å². The van der Waals surface area contributed by atoms with Crippen molar-refractivity contribution in [3.63, 3.8) is 0 Å². The molecule has 0 aliphatic heterocycles. The summed E-state index contributed by atoms with van der Waals surface area (Å²) in [5, 5.41) is 3.03. The Hall–Kier alpha value is -2.30. The van der Waals surface area contributed by atoms with E-state index in [1.165, 1.54) is 23.9 Å². The third kappa shape index (κ3) is 3.07. The Bertz CT molecular complexity index is 676. The molecule has 4 nitrogen and oxygen atoms in total. The number of nitrogens with one attached hydrogen (secondary N) is 1. The molecule has 0 spiro atoms. The summed E-state index contributed by atoms with van der Waals surface area (Å²) in [6.45, 7) is 7.59. The monoisotopic (exact) mass is 289 g/mol. The topological polar surface area (TPSA) is 60.1 Å². The van der Waals surface area contributed by atoms with Crippen LogP contribution in [-0.4, -0.2) is 10.5 Å². The first kappa shape index (κ1) is 15.1. The summed E-state index contributed by atoms with van der Waals surface area (Å²) in [6.07, 6.45) is 0. The highest BCUT2D eigenvalue weighted by Crippen LogP contribution is 2.20. The normalized spacial score (nSPS) is 10.7. The molecule has 1 heterocycles. The van der Waals surface area contributed by atoms with Crippen molar-refractivity contribution in [1.29, 1.82) is 0 Å². The maximum atomic E-state index is 13.8. The van der Waals surface area contributed by atoms with Crippen molar-refractivity contribution in [3.8, 4) is 0 Å². The summed E-state index contributed by atoms with van der Waals surface area (Å²) in [6, 6.07) is 6.15. The molecule has 2 rings (SSSR count). The maximum absolute atomic E-state index is 13.8. The first-order chi connectivity index (χ1) is 9.93. The molecular formula is C16H20FN3O. The Morgan fingerprint density at radius 3 is 2.62 bits per heavy atom. The molecule has 0 saturated heterocycles. The minimum atomic E-state index is -0.567. The van der Waals surface area contributed by atoms with Crippen molar-refractivity contribution < 1.29 is 9.18 Å². The molecule has 2 aromatic rings. The fraction of sp³-hybridized carbons (Fsp3) is 0.312. The molecule has 0 saturated carbocycles. The van der Waals surface area contributed by atoms with Crippen LogP contribution < -0.4 is 11.1 Å². The van der Waals surface area contributed by atoms with E-state index in [1.807, 2.05) is 13.8 Å². The van der Waals surface area contributed by atoms with Gasteiger partial charge < -0.3 is 15.6 Å². The predicted octanol–water partition coefficient (Wildman–Crippen LogP) is 2.97. The number of aryl methyl sites for hydroxylation is 1. The van der Waals surface area contributed by atoms with Gasteiger partial charge in [-0.1, -0.05) is 0 Å². The molecule has 0 fully saturated rings. The third-order valence-corrected chi connectivity index (χ3v) is 3.71. The molecule has 5 heteroatoms. The molecule has 3 N–H and O–H groups in total. The van der Waals surface area contributed by atoms with Crippen LogP contribution in [0.3, 0.4) is 0 Å². The molecule has 21 heavy (non-hydrogen) atoms. The smallest absolute Gasteiger partial charge is 0.248 e. The van der Waals surface area contributed by atoms with Crippen LogP contribution in [0, 0.1) is 19.7 Å². The second kappa shape index (κ2) is 5.99. The van der Waals surface area contributed by atoms with E-state index >= 15 is 0 Å². The van der Waals surface area contributed by atoms with Crippen molar-refractivity contribution in [2.45, 2.75) is 33.9 Å². The lowest BCUT2D eigenvalue weighted by molar-refractivity contribution is 0.100. The van der Waals surface area contributed by atoms with Crippen LogP contribution in [-0.2, 0) is 13.1 Å². The average Bonchev–Trinajstić information content (AvgIpc) is 2.71. The third-order valence-electron chi connectivity index (χ3n) is 3.71. The minimum Gasteiger partial charge on any atom is -0.379 e. The number of carbonyl (C=O) groups is 1. The van der Waals surface area contributed by atoms with E-state index in [0.717, 1.165) is 17.8 Å². The van der Waals surface area contributed by atoms with Gasteiger partial charge in [0.1, 0.15) is 5.82 Å². The molecule has 0 atom stereocenters. The molecule has 0 unspecified atom stereocenters. The Labute approximate surface area is 123 Å². The second-order valence-electron chi connectivity index (χ2n) is 5.05. The first-order valence-corrected chi connectivity index (χ1v) is 6.92. The van der Waals surface area contributed by atoms with Gasteiger partial charge in [0.15, 0.2) is 0 Å². The molecule has 0 aliphatic carbocycles. The summed E-state index contributed by atoms with van der Waals surface area (Å²) < 4.78 is 16.0. The Morgan fingerprint density at radius 2 is 2.05 bits per heavy atom. The number of aromatic nitrogens is 1.